The van der Waals surface area contributed by atoms with Crippen LogP contribution in [0.25, 0.3) is 0 Å². The highest BCUT2D eigenvalue weighted by atomic mass is 31.3. The Morgan fingerprint density at radius 1 is 0.548 bits per heavy atom. The first-order valence-electron chi connectivity index (χ1n) is 14.0. The van der Waals surface area contributed by atoms with Crippen LogP contribution in [0.5, 0.6) is 0 Å². The Morgan fingerprint density at radius 2 is 0.929 bits per heavy atom. The van der Waals surface area contributed by atoms with Gasteiger partial charge in [-0.15, -0.1) is 0 Å². The van der Waals surface area contributed by atoms with Gasteiger partial charge in [0.25, 0.3) is 7.21 Å². The number of ether oxygens (including phenoxy) is 6. The van der Waals surface area contributed by atoms with Crippen LogP contribution in [-0.4, -0.2) is 83.6 Å². The van der Waals surface area contributed by atoms with Crippen LogP contribution in [0.1, 0.15) is 80.1 Å². The Hall–Kier alpha value is -2.49. The highest BCUT2D eigenvalue weighted by Crippen LogP contribution is 2.80. The second kappa shape index (κ2) is 19.7. The normalized spacial score (nSPS) is 17.4. The Bertz CT molecular complexity index is 988. The van der Waals surface area contributed by atoms with Gasteiger partial charge in [0, 0.05) is 0 Å². The molecule has 240 valence electrons. The summed E-state index contributed by atoms with van der Waals surface area (Å²) in [5.74, 6) is 0. The molecule has 1 aliphatic rings. The number of nitrogens with zero attached hydrogens (tertiary/aromatic N) is 3. The summed E-state index contributed by atoms with van der Waals surface area (Å²) in [4.78, 5) is 82.1. The monoisotopic (exact) mass is 657 g/mol. The predicted octanol–water partition coefficient (Wildman–Crippen LogP) is 8.62. The summed E-state index contributed by atoms with van der Waals surface area (Å²) < 4.78 is 37.4. The molecule has 0 saturated carbocycles. The summed E-state index contributed by atoms with van der Waals surface area (Å²) in [5.41, 5.74) is -4.82. The van der Waals surface area contributed by atoms with Crippen molar-refractivity contribution in [3.05, 3.63) is 0 Å². The van der Waals surface area contributed by atoms with E-state index in [0.29, 0.717) is 47.4 Å². The number of carbonyl (C=O) groups excluding carboxylic acids is 6. The van der Waals surface area contributed by atoms with Gasteiger partial charge in [0.2, 0.25) is 16.4 Å². The van der Waals surface area contributed by atoms with Crippen molar-refractivity contribution in [2.45, 2.75) is 80.1 Å². The van der Waals surface area contributed by atoms with Crippen molar-refractivity contribution in [3.63, 3.8) is 0 Å². The molecule has 42 heavy (non-hydrogen) atoms. The van der Waals surface area contributed by atoms with Crippen molar-refractivity contribution in [1.29, 1.82) is 0 Å². The molecule has 0 aromatic heterocycles. The molecule has 0 bridgehead atoms. The predicted molar refractivity (Wildman–Crippen MR) is 157 cm³/mol. The smallest absolute Gasteiger partial charge is 0.420 e. The maximum absolute atomic E-state index is 13.9. The Kier molecular flexibility index (Phi) is 17.6. The van der Waals surface area contributed by atoms with E-state index in [-0.39, 0.29) is 39.6 Å². The van der Waals surface area contributed by atoms with Crippen molar-refractivity contribution >= 4 is 58.7 Å². The van der Waals surface area contributed by atoms with Crippen LogP contribution in [0.4, 0.5) is 28.8 Å². The lowest BCUT2D eigenvalue weighted by molar-refractivity contribution is 0.129. The van der Waals surface area contributed by atoms with E-state index in [9.17, 15) is 28.8 Å². The molecule has 1 aliphatic heterocycles. The average molecular weight is 658 g/mol. The minimum atomic E-state index is -4.76. The van der Waals surface area contributed by atoms with Gasteiger partial charge in [0.15, 0.2) is 0 Å². The molecule has 0 fully saturated rings. The van der Waals surface area contributed by atoms with E-state index in [1.807, 2.05) is 0 Å². The molecule has 0 spiro atoms. The molecule has 0 saturated heterocycles. The average Bonchev–Trinajstić information content (AvgIpc) is 2.99. The summed E-state index contributed by atoms with van der Waals surface area (Å²) in [6.07, 6.45) is -0.314. The highest BCUT2D eigenvalue weighted by Gasteiger charge is 2.64. The molecular weight excluding hydrogens is 615 g/mol. The van der Waals surface area contributed by atoms with Gasteiger partial charge in [-0.3, -0.25) is 0 Å². The van der Waals surface area contributed by atoms with Crippen LogP contribution in [0.15, 0.2) is 4.52 Å². The van der Waals surface area contributed by atoms with Crippen LogP contribution in [0.3, 0.4) is 0 Å². The van der Waals surface area contributed by atoms with Gasteiger partial charge in [0.1, 0.15) is 0 Å². The van der Waals surface area contributed by atoms with Crippen molar-refractivity contribution < 1.29 is 57.2 Å². The third-order valence-electron chi connectivity index (χ3n) is 4.77. The lowest BCUT2D eigenvalue weighted by Crippen LogP contribution is -2.42. The minimum Gasteiger partial charge on any atom is -0.460 e. The summed E-state index contributed by atoms with van der Waals surface area (Å²) in [6, 6.07) is 0. The van der Waals surface area contributed by atoms with Gasteiger partial charge in [-0.05, 0) is 38.5 Å². The van der Waals surface area contributed by atoms with Crippen molar-refractivity contribution in [2.75, 3.05) is 39.6 Å². The number of rotatable bonds is 16. The second-order valence-corrected chi connectivity index (χ2v) is 15.3. The lowest BCUT2D eigenvalue weighted by atomic mass is 10.5. The molecule has 2 atom stereocenters. The maximum atomic E-state index is 13.9. The fraction of sp³-hybridized carbons (Fsp3) is 0.750. The van der Waals surface area contributed by atoms with E-state index >= 15 is 0 Å². The number of amides is 2. The fourth-order valence-corrected chi connectivity index (χ4v) is 12.4. The topological polar surface area (TPSA) is 177 Å². The largest absolute Gasteiger partial charge is 0.460 e. The summed E-state index contributed by atoms with van der Waals surface area (Å²) in [5, 5.41) is 0. The molecule has 0 aliphatic carbocycles. The molecule has 0 radical (unpaired) electrons. The molecule has 1 heterocycles. The van der Waals surface area contributed by atoms with Crippen LogP contribution < -0.4 is 0 Å². The molecular formula is C24H42N3O12P3. The van der Waals surface area contributed by atoms with Gasteiger partial charge in [0.05, 0.1) is 39.6 Å². The zero-order chi connectivity index (χ0) is 31.7. The number of carbonyl (C=O) groups is 6. The zero-order valence-electron chi connectivity index (χ0n) is 25.1. The third-order valence-corrected chi connectivity index (χ3v) is 13.2. The molecule has 1 rings (SSSR count). The van der Waals surface area contributed by atoms with E-state index in [2.05, 4.69) is 4.52 Å². The molecule has 15 nitrogen and oxygen atoms in total. The molecule has 18 heteroatoms. The first-order valence-corrected chi connectivity index (χ1v) is 18.2. The van der Waals surface area contributed by atoms with Gasteiger partial charge < -0.3 is 28.4 Å². The van der Waals surface area contributed by atoms with Crippen molar-refractivity contribution in [1.82, 2.24) is 8.88 Å². The van der Waals surface area contributed by atoms with E-state index in [0.717, 1.165) is 0 Å². The van der Waals surface area contributed by atoms with Crippen LogP contribution in [0.2, 0.25) is 0 Å². The quantitative estimate of drug-likeness (QED) is 0.114. The van der Waals surface area contributed by atoms with E-state index in [1.165, 1.54) is 0 Å². The molecule has 0 N–H and O–H groups in total. The van der Waals surface area contributed by atoms with Gasteiger partial charge in [-0.2, -0.15) is 0 Å². The maximum Gasteiger partial charge on any atom is 0.420 e. The van der Waals surface area contributed by atoms with Crippen molar-refractivity contribution in [2.24, 2.45) is 4.52 Å². The van der Waals surface area contributed by atoms with Gasteiger partial charge in [-0.1, -0.05) is 41.5 Å². The first-order chi connectivity index (χ1) is 20.1. The molecule has 2 unspecified atom stereocenters. The van der Waals surface area contributed by atoms with Crippen LogP contribution in [-0.2, 0) is 28.4 Å². The standard InChI is InChI=1S/C24H42N3O12P3/c1-7-13-34-19(28)26-40(21(30)36-15-9-3)25-42(23(32)38-17-11-5,24(33)39-18-12-6)27(20(29)35-14-8-2)41(26)22(31)37-16-10-4/h7-18H2,1-6H3. The molecule has 0 aromatic carbocycles. The first kappa shape index (κ1) is 37.5. The summed E-state index contributed by atoms with van der Waals surface area (Å²) in [7, 11) is -10.8. The van der Waals surface area contributed by atoms with Crippen LogP contribution in [0, 0.1) is 0 Å². The van der Waals surface area contributed by atoms with Crippen LogP contribution >= 0.6 is 23.7 Å². The highest BCUT2D eigenvalue weighted by molar-refractivity contribution is 8.06. The Balaban J connectivity index is 4.25. The summed E-state index contributed by atoms with van der Waals surface area (Å²) in [6.45, 7) is 9.45. The van der Waals surface area contributed by atoms with Crippen molar-refractivity contribution in [3.8, 4) is 0 Å². The van der Waals surface area contributed by atoms with Gasteiger partial charge >= 0.3 is 35.0 Å². The Labute approximate surface area is 249 Å². The summed E-state index contributed by atoms with van der Waals surface area (Å²) >= 11 is 0. The van der Waals surface area contributed by atoms with E-state index in [4.69, 9.17) is 28.4 Å². The minimum absolute atomic E-state index is 0.0858. The fourth-order valence-electron chi connectivity index (χ4n) is 2.95. The zero-order valence-corrected chi connectivity index (χ0v) is 27.8. The number of hydrogen-bond acceptors (Lipinski definition) is 13. The third kappa shape index (κ3) is 9.51. The number of hydrogen-bond donors (Lipinski definition) is 0. The SMILES string of the molecule is CCCOC(=O)N1P(C(=O)OCCC)N=P(C(=O)OCCC)(C(=O)OCCC)N(C(=O)OCCC)P1C(=O)OCCC. The molecule has 0 aromatic rings. The second-order valence-electron chi connectivity index (χ2n) is 8.53. The van der Waals surface area contributed by atoms with E-state index < -0.39 is 58.7 Å². The Morgan fingerprint density at radius 3 is 1.38 bits per heavy atom. The molecule has 2 amide bonds. The lowest BCUT2D eigenvalue weighted by Gasteiger charge is -2.44. The van der Waals surface area contributed by atoms with Gasteiger partial charge in [-0.25, -0.2) is 42.2 Å². The van der Waals surface area contributed by atoms with E-state index in [1.54, 1.807) is 41.5 Å².